The zero-order chi connectivity index (χ0) is 16.8. The van der Waals surface area contributed by atoms with Gasteiger partial charge in [0.05, 0.1) is 5.92 Å². The molecule has 3 rings (SSSR count). The summed E-state index contributed by atoms with van der Waals surface area (Å²) in [6.45, 7) is 4.05. The Morgan fingerprint density at radius 2 is 1.96 bits per heavy atom. The standard InChI is InChI=1S/C18H17ClN2O2/c1-18(2)7-13(22)16-14(8-18)23-17(21)12(9-20)15(16)10-3-5-11(19)6-4-10/h3-6,15H,7-8,21H2,1-2H3/t15-/m0/s1. The number of benzene rings is 1. The van der Waals surface area contributed by atoms with Gasteiger partial charge in [-0.3, -0.25) is 4.79 Å². The summed E-state index contributed by atoms with van der Waals surface area (Å²) in [5, 5.41) is 10.1. The molecule has 5 heteroatoms. The highest BCUT2D eigenvalue weighted by Gasteiger charge is 2.42. The number of Topliss-reactive ketones (excluding diaryl/α,β-unsaturated/α-hetero) is 1. The molecule has 0 saturated heterocycles. The number of allylic oxidation sites excluding steroid dienone is 3. The molecule has 1 atom stereocenters. The Balaban J connectivity index is 2.17. The second-order valence-electron chi connectivity index (χ2n) is 6.75. The summed E-state index contributed by atoms with van der Waals surface area (Å²) in [5.74, 6) is 0.195. The summed E-state index contributed by atoms with van der Waals surface area (Å²) in [6.07, 6.45) is 1.05. The third kappa shape index (κ3) is 2.73. The molecule has 1 aliphatic carbocycles. The van der Waals surface area contributed by atoms with Crippen LogP contribution in [0.3, 0.4) is 0 Å². The molecule has 0 radical (unpaired) electrons. The summed E-state index contributed by atoms with van der Waals surface area (Å²) in [7, 11) is 0. The molecule has 0 saturated carbocycles. The van der Waals surface area contributed by atoms with Gasteiger partial charge in [0.2, 0.25) is 5.88 Å². The van der Waals surface area contributed by atoms with Crippen molar-refractivity contribution in [2.75, 3.05) is 0 Å². The lowest BCUT2D eigenvalue weighted by Gasteiger charge is -2.37. The van der Waals surface area contributed by atoms with E-state index in [2.05, 4.69) is 6.07 Å². The van der Waals surface area contributed by atoms with Crippen molar-refractivity contribution in [1.82, 2.24) is 0 Å². The molecule has 2 aliphatic rings. The largest absolute Gasteiger partial charge is 0.444 e. The van der Waals surface area contributed by atoms with E-state index in [9.17, 15) is 10.1 Å². The quantitative estimate of drug-likeness (QED) is 0.850. The summed E-state index contributed by atoms with van der Waals surface area (Å²) < 4.78 is 5.64. The van der Waals surface area contributed by atoms with Crippen LogP contribution in [0.2, 0.25) is 5.02 Å². The van der Waals surface area contributed by atoms with Crippen molar-refractivity contribution in [3.05, 3.63) is 57.6 Å². The predicted molar refractivity (Wildman–Crippen MR) is 87.2 cm³/mol. The minimum absolute atomic E-state index is 0.0106. The van der Waals surface area contributed by atoms with Crippen LogP contribution in [-0.4, -0.2) is 5.78 Å². The van der Waals surface area contributed by atoms with E-state index < -0.39 is 5.92 Å². The molecule has 0 unspecified atom stereocenters. The Bertz CT molecular complexity index is 782. The van der Waals surface area contributed by atoms with Gasteiger partial charge >= 0.3 is 0 Å². The van der Waals surface area contributed by atoms with Gasteiger partial charge in [-0.25, -0.2) is 0 Å². The van der Waals surface area contributed by atoms with Gasteiger partial charge in [0.25, 0.3) is 0 Å². The summed E-state index contributed by atoms with van der Waals surface area (Å²) >= 11 is 5.95. The minimum Gasteiger partial charge on any atom is -0.444 e. The first-order valence-corrected chi connectivity index (χ1v) is 7.79. The van der Waals surface area contributed by atoms with Gasteiger partial charge in [-0.1, -0.05) is 37.6 Å². The predicted octanol–water partition coefficient (Wildman–Crippen LogP) is 3.79. The van der Waals surface area contributed by atoms with E-state index >= 15 is 0 Å². The number of nitrogens with two attached hydrogens (primary N) is 1. The van der Waals surface area contributed by atoms with E-state index in [0.717, 1.165) is 5.56 Å². The smallest absolute Gasteiger partial charge is 0.205 e. The van der Waals surface area contributed by atoms with Gasteiger partial charge in [0.15, 0.2) is 5.78 Å². The summed E-state index contributed by atoms with van der Waals surface area (Å²) in [5.41, 5.74) is 7.42. The van der Waals surface area contributed by atoms with Crippen molar-refractivity contribution < 1.29 is 9.53 Å². The van der Waals surface area contributed by atoms with Gasteiger partial charge < -0.3 is 10.5 Å². The molecular formula is C18H17ClN2O2. The molecule has 2 N–H and O–H groups in total. The van der Waals surface area contributed by atoms with E-state index in [-0.39, 0.29) is 22.7 Å². The number of ketones is 1. The van der Waals surface area contributed by atoms with E-state index in [0.29, 0.717) is 29.2 Å². The van der Waals surface area contributed by atoms with Crippen molar-refractivity contribution in [3.63, 3.8) is 0 Å². The number of nitriles is 1. The molecule has 1 aliphatic heterocycles. The van der Waals surface area contributed by atoms with Crippen LogP contribution < -0.4 is 5.73 Å². The van der Waals surface area contributed by atoms with Crippen molar-refractivity contribution in [2.24, 2.45) is 11.1 Å². The van der Waals surface area contributed by atoms with E-state index in [1.54, 1.807) is 12.1 Å². The Morgan fingerprint density at radius 3 is 2.57 bits per heavy atom. The fourth-order valence-corrected chi connectivity index (χ4v) is 3.40. The van der Waals surface area contributed by atoms with Crippen LogP contribution in [0.4, 0.5) is 0 Å². The average molecular weight is 329 g/mol. The number of hydrogen-bond acceptors (Lipinski definition) is 4. The van der Waals surface area contributed by atoms with Gasteiger partial charge in [-0.2, -0.15) is 5.26 Å². The molecule has 4 nitrogen and oxygen atoms in total. The molecule has 118 valence electrons. The highest BCUT2D eigenvalue weighted by Crippen LogP contribution is 2.47. The second kappa shape index (κ2) is 5.43. The lowest BCUT2D eigenvalue weighted by Crippen LogP contribution is -2.33. The Kier molecular flexibility index (Phi) is 3.69. The van der Waals surface area contributed by atoms with Crippen LogP contribution >= 0.6 is 11.6 Å². The first-order chi connectivity index (χ1) is 10.8. The highest BCUT2D eigenvalue weighted by atomic mass is 35.5. The fourth-order valence-electron chi connectivity index (χ4n) is 3.27. The summed E-state index contributed by atoms with van der Waals surface area (Å²) in [4.78, 5) is 12.7. The molecular weight excluding hydrogens is 312 g/mol. The minimum atomic E-state index is -0.482. The SMILES string of the molecule is CC1(C)CC(=O)C2=C(C1)OC(N)=C(C#N)[C@@H]2c1ccc(Cl)cc1. The number of rotatable bonds is 1. The first kappa shape index (κ1) is 15.6. The fraction of sp³-hybridized carbons (Fsp3) is 0.333. The molecule has 0 bridgehead atoms. The van der Waals surface area contributed by atoms with Crippen LogP contribution in [0.1, 0.15) is 38.2 Å². The molecule has 1 aromatic rings. The topological polar surface area (TPSA) is 76.1 Å². The van der Waals surface area contributed by atoms with Gasteiger partial charge in [-0.05, 0) is 23.1 Å². The number of ether oxygens (including phenoxy) is 1. The Labute approximate surface area is 140 Å². The molecule has 1 heterocycles. The third-order valence-electron chi connectivity index (χ3n) is 4.28. The maximum atomic E-state index is 12.7. The summed E-state index contributed by atoms with van der Waals surface area (Å²) in [6, 6.07) is 9.23. The molecule has 0 spiro atoms. The van der Waals surface area contributed by atoms with Crippen LogP contribution in [0, 0.1) is 16.7 Å². The van der Waals surface area contributed by atoms with Crippen LogP contribution in [-0.2, 0) is 9.53 Å². The van der Waals surface area contributed by atoms with Crippen molar-refractivity contribution in [3.8, 4) is 6.07 Å². The number of carbonyl (C=O) groups excluding carboxylic acids is 1. The van der Waals surface area contributed by atoms with Crippen LogP contribution in [0.15, 0.2) is 47.1 Å². The van der Waals surface area contributed by atoms with Crippen molar-refractivity contribution in [2.45, 2.75) is 32.6 Å². The van der Waals surface area contributed by atoms with E-state index in [1.807, 2.05) is 26.0 Å². The normalized spacial score (nSPS) is 23.2. The van der Waals surface area contributed by atoms with Crippen LogP contribution in [0.5, 0.6) is 0 Å². The number of nitrogens with zero attached hydrogens (tertiary/aromatic N) is 1. The van der Waals surface area contributed by atoms with E-state index in [1.165, 1.54) is 0 Å². The van der Waals surface area contributed by atoms with Crippen molar-refractivity contribution in [1.29, 1.82) is 5.26 Å². The Hall–Kier alpha value is -2.25. The molecule has 1 aromatic carbocycles. The number of halogens is 1. The molecule has 0 fully saturated rings. The zero-order valence-electron chi connectivity index (χ0n) is 13.0. The highest BCUT2D eigenvalue weighted by molar-refractivity contribution is 6.30. The van der Waals surface area contributed by atoms with Crippen molar-refractivity contribution >= 4 is 17.4 Å². The zero-order valence-corrected chi connectivity index (χ0v) is 13.8. The molecule has 23 heavy (non-hydrogen) atoms. The molecule has 0 amide bonds. The van der Waals surface area contributed by atoms with Gasteiger partial charge in [-0.15, -0.1) is 0 Å². The monoisotopic (exact) mass is 328 g/mol. The third-order valence-corrected chi connectivity index (χ3v) is 4.53. The maximum Gasteiger partial charge on any atom is 0.205 e. The van der Waals surface area contributed by atoms with Gasteiger partial charge in [0, 0.05) is 23.4 Å². The lowest BCUT2D eigenvalue weighted by atomic mass is 9.70. The second-order valence-corrected chi connectivity index (χ2v) is 7.19. The molecule has 0 aromatic heterocycles. The Morgan fingerprint density at radius 1 is 1.30 bits per heavy atom. The van der Waals surface area contributed by atoms with Gasteiger partial charge in [0.1, 0.15) is 17.4 Å². The number of hydrogen-bond donors (Lipinski definition) is 1. The maximum absolute atomic E-state index is 12.7. The van der Waals surface area contributed by atoms with Crippen LogP contribution in [0.25, 0.3) is 0 Å². The lowest BCUT2D eigenvalue weighted by molar-refractivity contribution is -0.119. The van der Waals surface area contributed by atoms with E-state index in [4.69, 9.17) is 22.1 Å². The number of carbonyl (C=O) groups is 1. The average Bonchev–Trinajstić information content (AvgIpc) is 2.45. The first-order valence-electron chi connectivity index (χ1n) is 7.42.